The van der Waals surface area contributed by atoms with Gasteiger partial charge in [-0.15, -0.1) is 0 Å². The molecular formula is C17H28N6O3. The summed E-state index contributed by atoms with van der Waals surface area (Å²) in [4.78, 5) is 4.96. The number of nitrogens with two attached hydrogens (primary N) is 1. The Kier molecular flexibility index (Phi) is 8.26. The maximum atomic E-state index is 12.2. The normalized spacial score (nSPS) is 12.3. The van der Waals surface area contributed by atoms with Gasteiger partial charge < -0.3 is 31.0 Å². The van der Waals surface area contributed by atoms with Crippen LogP contribution in [-0.4, -0.2) is 56.6 Å². The van der Waals surface area contributed by atoms with E-state index in [1.807, 2.05) is 7.05 Å². The number of fused-ring (bicyclic) bond motifs is 1. The Morgan fingerprint density at radius 2 is 2.15 bits per heavy atom. The first-order valence-corrected chi connectivity index (χ1v) is 8.82. The summed E-state index contributed by atoms with van der Waals surface area (Å²) in [6.45, 7) is 2.25. The highest BCUT2D eigenvalue weighted by molar-refractivity contribution is 5.73. The molecular weight excluding hydrogens is 336 g/mol. The van der Waals surface area contributed by atoms with Crippen molar-refractivity contribution in [1.29, 1.82) is 0 Å². The van der Waals surface area contributed by atoms with Crippen molar-refractivity contribution in [3.05, 3.63) is 23.4 Å². The van der Waals surface area contributed by atoms with Crippen molar-refractivity contribution in [2.45, 2.75) is 25.3 Å². The molecule has 0 saturated heterocycles. The fourth-order valence-corrected chi connectivity index (χ4v) is 2.59. The van der Waals surface area contributed by atoms with Crippen LogP contribution in [0.15, 0.2) is 18.2 Å². The van der Waals surface area contributed by atoms with Crippen LogP contribution in [0, 0.1) is 5.21 Å². The van der Waals surface area contributed by atoms with E-state index in [4.69, 9.17) is 15.2 Å². The van der Waals surface area contributed by atoms with E-state index in [-0.39, 0.29) is 0 Å². The Morgan fingerprint density at radius 1 is 1.31 bits per heavy atom. The molecule has 1 heterocycles. The van der Waals surface area contributed by atoms with Gasteiger partial charge in [0.05, 0.1) is 17.8 Å². The van der Waals surface area contributed by atoms with Crippen LogP contribution in [0.2, 0.25) is 0 Å². The van der Waals surface area contributed by atoms with E-state index in [2.05, 4.69) is 20.7 Å². The minimum atomic E-state index is 0.314. The lowest BCUT2D eigenvalue weighted by Crippen LogP contribution is -2.34. The number of rotatable bonds is 12. The summed E-state index contributed by atoms with van der Waals surface area (Å²) in [7, 11) is 3.54. The maximum Gasteiger partial charge on any atom is 0.290 e. The molecule has 1 aromatic carbocycles. The van der Waals surface area contributed by atoms with Crippen LogP contribution < -0.4 is 25.9 Å². The van der Waals surface area contributed by atoms with Gasteiger partial charge in [0.2, 0.25) is 0 Å². The van der Waals surface area contributed by atoms with Gasteiger partial charge in [0, 0.05) is 19.7 Å². The molecule has 0 aliphatic heterocycles. The number of hydrogen-bond donors (Lipinski definition) is 3. The van der Waals surface area contributed by atoms with Gasteiger partial charge in [-0.25, -0.2) is 4.98 Å². The molecule has 1 unspecified atom stereocenters. The predicted octanol–water partition coefficient (Wildman–Crippen LogP) is 0.417. The first kappa shape index (κ1) is 20.1. The number of hydrogen-bond acceptors (Lipinski definition) is 8. The van der Waals surface area contributed by atoms with Crippen molar-refractivity contribution in [2.24, 2.45) is 5.73 Å². The molecule has 26 heavy (non-hydrogen) atoms. The van der Waals surface area contributed by atoms with Gasteiger partial charge in [0.1, 0.15) is 17.9 Å². The lowest BCUT2D eigenvalue weighted by Gasteiger charge is -2.15. The standard InChI is InChI=1S/C17H28N6O3/c1-19-13(4-3-8-18)7-9-20-17-21-15-6-5-14(26-11-10-25-2)12-16(15)23(24)22-17/h5-6,12-13,19H,3-4,7-11,18H2,1-2H3,(H,20,21,22). The number of aromatic nitrogens is 3. The maximum absolute atomic E-state index is 12.2. The topological polar surface area (TPSA) is 121 Å². The number of methoxy groups -OCH3 is 1. The highest BCUT2D eigenvalue weighted by Gasteiger charge is 2.13. The average molecular weight is 364 g/mol. The first-order chi connectivity index (χ1) is 12.7. The molecule has 0 bridgehead atoms. The highest BCUT2D eigenvalue weighted by Crippen LogP contribution is 2.17. The molecule has 2 aromatic rings. The zero-order chi connectivity index (χ0) is 18.8. The number of ether oxygens (including phenoxy) is 2. The van der Waals surface area contributed by atoms with Gasteiger partial charge in [0.25, 0.3) is 11.5 Å². The second-order valence-corrected chi connectivity index (χ2v) is 5.93. The summed E-state index contributed by atoms with van der Waals surface area (Å²) in [6, 6.07) is 5.53. The molecule has 144 valence electrons. The molecule has 0 saturated carbocycles. The molecule has 1 aromatic heterocycles. The zero-order valence-electron chi connectivity index (χ0n) is 15.4. The van der Waals surface area contributed by atoms with Crippen LogP contribution in [0.25, 0.3) is 11.0 Å². The fraction of sp³-hybridized carbons (Fsp3) is 0.588. The van der Waals surface area contributed by atoms with Crippen LogP contribution >= 0.6 is 0 Å². The first-order valence-electron chi connectivity index (χ1n) is 8.82. The Balaban J connectivity index is 1.98. The lowest BCUT2D eigenvalue weighted by molar-refractivity contribution is -0.641. The summed E-state index contributed by atoms with van der Waals surface area (Å²) in [5.41, 5.74) is 6.47. The third-order valence-electron chi connectivity index (χ3n) is 4.06. The van der Waals surface area contributed by atoms with Gasteiger partial charge in [0.15, 0.2) is 0 Å². The fourth-order valence-electron chi connectivity index (χ4n) is 2.59. The Labute approximate surface area is 153 Å². The highest BCUT2D eigenvalue weighted by atomic mass is 16.5. The lowest BCUT2D eigenvalue weighted by atomic mass is 10.1. The van der Waals surface area contributed by atoms with Gasteiger partial charge in [-0.1, -0.05) is 0 Å². The van der Waals surface area contributed by atoms with Crippen molar-refractivity contribution in [3.63, 3.8) is 0 Å². The van der Waals surface area contributed by atoms with E-state index in [0.29, 0.717) is 59.9 Å². The summed E-state index contributed by atoms with van der Waals surface area (Å²) in [6.07, 6.45) is 2.89. The number of anilines is 1. The molecule has 0 aliphatic rings. The van der Waals surface area contributed by atoms with E-state index in [1.165, 1.54) is 0 Å². The van der Waals surface area contributed by atoms with Crippen molar-refractivity contribution < 1.29 is 14.3 Å². The van der Waals surface area contributed by atoms with Crippen molar-refractivity contribution in [2.75, 3.05) is 45.8 Å². The second kappa shape index (κ2) is 10.7. The molecule has 9 heteroatoms. The quantitative estimate of drug-likeness (QED) is 0.281. The van der Waals surface area contributed by atoms with Gasteiger partial charge in [-0.05, 0) is 49.8 Å². The minimum Gasteiger partial charge on any atom is -0.594 e. The van der Waals surface area contributed by atoms with E-state index in [9.17, 15) is 5.21 Å². The average Bonchev–Trinajstić information content (AvgIpc) is 2.65. The SMILES string of the molecule is CNC(CCCN)CCNc1nc2ccc(OCCOC)cc2[n+]([O-])n1. The third-order valence-corrected chi connectivity index (χ3v) is 4.06. The molecule has 1 atom stereocenters. The third kappa shape index (κ3) is 5.94. The molecule has 4 N–H and O–H groups in total. The number of nitrogens with zero attached hydrogens (tertiary/aromatic N) is 3. The smallest absolute Gasteiger partial charge is 0.290 e. The molecule has 2 rings (SSSR count). The molecule has 0 amide bonds. The number of benzene rings is 1. The number of nitrogens with one attached hydrogen (secondary N) is 2. The summed E-state index contributed by atoms with van der Waals surface area (Å²) in [5, 5.41) is 22.5. The van der Waals surface area contributed by atoms with E-state index in [0.717, 1.165) is 19.3 Å². The largest absolute Gasteiger partial charge is 0.594 e. The van der Waals surface area contributed by atoms with E-state index in [1.54, 1.807) is 25.3 Å². The summed E-state index contributed by atoms with van der Waals surface area (Å²) >= 11 is 0. The monoisotopic (exact) mass is 364 g/mol. The van der Waals surface area contributed by atoms with Crippen LogP contribution in [0.5, 0.6) is 5.75 Å². The van der Waals surface area contributed by atoms with Crippen LogP contribution in [0.3, 0.4) is 0 Å². The predicted molar refractivity (Wildman–Crippen MR) is 100 cm³/mol. The van der Waals surface area contributed by atoms with Crippen LogP contribution in [-0.2, 0) is 4.74 Å². The minimum absolute atomic E-state index is 0.314. The van der Waals surface area contributed by atoms with Crippen molar-refractivity contribution >= 4 is 17.0 Å². The van der Waals surface area contributed by atoms with Crippen LogP contribution in [0.4, 0.5) is 5.95 Å². The van der Waals surface area contributed by atoms with Crippen molar-refractivity contribution in [1.82, 2.24) is 15.4 Å². The molecule has 0 aliphatic carbocycles. The molecule has 0 spiro atoms. The zero-order valence-corrected chi connectivity index (χ0v) is 15.4. The summed E-state index contributed by atoms with van der Waals surface area (Å²) in [5.74, 6) is 0.898. The Morgan fingerprint density at radius 3 is 2.88 bits per heavy atom. The van der Waals surface area contributed by atoms with Crippen molar-refractivity contribution in [3.8, 4) is 5.75 Å². The van der Waals surface area contributed by atoms with Crippen LogP contribution in [0.1, 0.15) is 19.3 Å². The molecule has 0 radical (unpaired) electrons. The molecule has 9 nitrogen and oxygen atoms in total. The van der Waals surface area contributed by atoms with E-state index >= 15 is 0 Å². The Hall–Kier alpha value is -2.23. The second-order valence-electron chi connectivity index (χ2n) is 5.93. The summed E-state index contributed by atoms with van der Waals surface area (Å²) < 4.78 is 10.5. The van der Waals surface area contributed by atoms with Gasteiger partial charge >= 0.3 is 0 Å². The van der Waals surface area contributed by atoms with Gasteiger partial charge in [-0.3, -0.25) is 0 Å². The van der Waals surface area contributed by atoms with Gasteiger partial charge in [-0.2, -0.15) is 0 Å². The van der Waals surface area contributed by atoms with E-state index < -0.39 is 0 Å². The molecule has 0 fully saturated rings. The Bertz CT molecular complexity index is 685.